The molecule has 3 N–H and O–H groups in total. The molecule has 0 radical (unpaired) electrons. The van der Waals surface area contributed by atoms with E-state index in [2.05, 4.69) is 57.7 Å². The third-order valence-electron chi connectivity index (χ3n) is 12.0. The summed E-state index contributed by atoms with van der Waals surface area (Å²) < 4.78 is 9.70. The van der Waals surface area contributed by atoms with Crippen LogP contribution in [0.3, 0.4) is 0 Å². The first kappa shape index (κ1) is 38.8. The van der Waals surface area contributed by atoms with Gasteiger partial charge in [-0.3, -0.25) is 14.4 Å². The lowest BCUT2D eigenvalue weighted by Crippen LogP contribution is -2.54. The normalized spacial score (nSPS) is 21.4. The Morgan fingerprint density at radius 1 is 0.804 bits per heavy atom. The number of imidazole rings is 2. The lowest BCUT2D eigenvalue weighted by atomic mass is 9.91. The highest BCUT2D eigenvalue weighted by atomic mass is 16.5. The summed E-state index contributed by atoms with van der Waals surface area (Å²) in [6.07, 6.45) is 7.71. The first-order valence-corrected chi connectivity index (χ1v) is 19.8. The van der Waals surface area contributed by atoms with Crippen LogP contribution in [-0.4, -0.2) is 86.5 Å². The highest BCUT2D eigenvalue weighted by Crippen LogP contribution is 2.50. The number of H-pyrrole nitrogens is 2. The van der Waals surface area contributed by atoms with Crippen molar-refractivity contribution in [2.45, 2.75) is 90.4 Å². The van der Waals surface area contributed by atoms with E-state index in [-0.39, 0.29) is 54.2 Å². The molecular formula is C43H53N7O6. The Hall–Kier alpha value is -5.46. The van der Waals surface area contributed by atoms with E-state index >= 15 is 0 Å². The van der Waals surface area contributed by atoms with Gasteiger partial charge in [-0.25, -0.2) is 14.8 Å². The van der Waals surface area contributed by atoms with E-state index in [1.165, 1.54) is 14.2 Å². The van der Waals surface area contributed by atoms with Crippen molar-refractivity contribution in [1.29, 1.82) is 0 Å². The molecule has 7 rings (SSSR count). The van der Waals surface area contributed by atoms with Crippen LogP contribution in [0.15, 0.2) is 60.9 Å². The Labute approximate surface area is 328 Å². The number of nitrogens with one attached hydrogen (secondary N) is 3. The minimum Gasteiger partial charge on any atom is -0.469 e. The Kier molecular flexibility index (Phi) is 11.3. The quantitative estimate of drug-likeness (QED) is 0.129. The van der Waals surface area contributed by atoms with Gasteiger partial charge in [0.2, 0.25) is 11.8 Å². The minimum absolute atomic E-state index is 0.00302. The molecule has 2 aliphatic heterocycles. The third kappa shape index (κ3) is 7.68. The predicted molar refractivity (Wildman–Crippen MR) is 211 cm³/mol. The Morgan fingerprint density at radius 3 is 2.18 bits per heavy atom. The average Bonchev–Trinajstić information content (AvgIpc) is 4.06. The highest BCUT2D eigenvalue weighted by molar-refractivity contribution is 5.87. The topological polar surface area (TPSA) is 163 Å². The van der Waals surface area contributed by atoms with Crippen molar-refractivity contribution >= 4 is 23.9 Å². The van der Waals surface area contributed by atoms with Crippen molar-refractivity contribution in [3.63, 3.8) is 0 Å². The number of fused-ring (bicyclic) bond motifs is 2. The fourth-order valence-corrected chi connectivity index (χ4v) is 8.91. The number of alkyl carbamates (subject to hydrolysis) is 1. The van der Waals surface area contributed by atoms with Gasteiger partial charge in [0.25, 0.3) is 0 Å². The lowest BCUT2D eigenvalue weighted by molar-refractivity contribution is -0.148. The lowest BCUT2D eigenvalue weighted by Gasteiger charge is -2.37. The van der Waals surface area contributed by atoms with Crippen molar-refractivity contribution in [2.24, 2.45) is 23.7 Å². The number of rotatable bonds is 12. The van der Waals surface area contributed by atoms with E-state index in [9.17, 15) is 19.2 Å². The summed E-state index contributed by atoms with van der Waals surface area (Å²) in [4.78, 5) is 72.2. The number of methoxy groups -OCH3 is 2. The van der Waals surface area contributed by atoms with Gasteiger partial charge < -0.3 is 34.6 Å². The van der Waals surface area contributed by atoms with Gasteiger partial charge in [0, 0.05) is 18.2 Å². The molecule has 1 saturated carbocycles. The summed E-state index contributed by atoms with van der Waals surface area (Å²) in [5, 5.41) is 2.76. The molecule has 3 amide bonds. The zero-order valence-electron chi connectivity index (χ0n) is 33.1. The average molecular weight is 764 g/mol. The van der Waals surface area contributed by atoms with E-state index in [1.54, 1.807) is 0 Å². The number of carbonyl (C=O) groups is 4. The summed E-state index contributed by atoms with van der Waals surface area (Å²) in [6, 6.07) is 15.7. The maximum atomic E-state index is 14.0. The van der Waals surface area contributed by atoms with Gasteiger partial charge in [-0.15, -0.1) is 0 Å². The maximum absolute atomic E-state index is 14.0. The van der Waals surface area contributed by atoms with Crippen LogP contribution in [-0.2, 0) is 23.9 Å². The maximum Gasteiger partial charge on any atom is 0.407 e. The second kappa shape index (κ2) is 16.3. The molecule has 13 nitrogen and oxygen atoms in total. The number of hydrogen-bond acceptors (Lipinski definition) is 8. The summed E-state index contributed by atoms with van der Waals surface area (Å²) in [7, 11) is 2.66. The molecule has 2 aromatic carbocycles. The number of carbonyl (C=O) groups excluding carboxylic acids is 4. The van der Waals surface area contributed by atoms with Gasteiger partial charge in [-0.05, 0) is 72.6 Å². The molecular weight excluding hydrogens is 711 g/mol. The van der Waals surface area contributed by atoms with Crippen molar-refractivity contribution in [2.75, 3.05) is 20.8 Å². The first-order chi connectivity index (χ1) is 27.0. The van der Waals surface area contributed by atoms with Crippen LogP contribution in [0.2, 0.25) is 0 Å². The fourth-order valence-electron chi connectivity index (χ4n) is 8.91. The van der Waals surface area contributed by atoms with Crippen LogP contribution in [0.5, 0.6) is 0 Å². The monoisotopic (exact) mass is 763 g/mol. The summed E-state index contributed by atoms with van der Waals surface area (Å²) in [6.45, 7) is 8.41. The fraction of sp³-hybridized carbons (Fsp3) is 0.488. The number of piperidine rings is 1. The van der Waals surface area contributed by atoms with E-state index in [1.807, 2.05) is 56.0 Å². The number of esters is 1. The Bertz CT molecular complexity index is 2050. The number of hydrogen-bond donors (Lipinski definition) is 3. The second-order valence-electron chi connectivity index (χ2n) is 16.1. The number of nitrogens with zero attached hydrogens (tertiary/aromatic N) is 4. The van der Waals surface area contributed by atoms with E-state index in [0.29, 0.717) is 12.5 Å². The third-order valence-corrected chi connectivity index (χ3v) is 12.0. The first-order valence-electron chi connectivity index (χ1n) is 19.8. The molecule has 3 fully saturated rings. The largest absolute Gasteiger partial charge is 0.469 e. The smallest absolute Gasteiger partial charge is 0.407 e. The van der Waals surface area contributed by atoms with E-state index in [0.717, 1.165) is 77.4 Å². The molecule has 6 atom stereocenters. The summed E-state index contributed by atoms with van der Waals surface area (Å²) in [5.41, 5.74) is 5.81. The molecule has 13 heteroatoms. The van der Waals surface area contributed by atoms with Crippen LogP contribution in [0.25, 0.3) is 33.6 Å². The van der Waals surface area contributed by atoms with Gasteiger partial charge in [0.05, 0.1) is 62.4 Å². The molecule has 4 heterocycles. The number of ether oxygens (including phenoxy) is 2. The molecule has 2 aromatic heterocycles. The number of aromatic amines is 2. The number of aromatic nitrogens is 4. The molecule has 3 aliphatic rings. The Morgan fingerprint density at radius 2 is 1.48 bits per heavy atom. The molecule has 1 aliphatic carbocycles. The summed E-state index contributed by atoms with van der Waals surface area (Å²) in [5.74, 6) is 0.770. The Balaban J connectivity index is 1.05. The van der Waals surface area contributed by atoms with Gasteiger partial charge in [-0.1, -0.05) is 70.2 Å². The van der Waals surface area contributed by atoms with Gasteiger partial charge in [0.1, 0.15) is 17.7 Å². The zero-order chi connectivity index (χ0) is 39.7. The number of likely N-dealkylation sites (tertiary alicyclic amines) is 2. The van der Waals surface area contributed by atoms with Crippen molar-refractivity contribution in [3.05, 3.63) is 72.6 Å². The van der Waals surface area contributed by atoms with Crippen LogP contribution in [0, 0.1) is 23.7 Å². The highest BCUT2D eigenvalue weighted by Gasteiger charge is 2.51. The second-order valence-corrected chi connectivity index (χ2v) is 16.1. The van der Waals surface area contributed by atoms with Crippen LogP contribution in [0.4, 0.5) is 4.79 Å². The van der Waals surface area contributed by atoms with Crippen LogP contribution >= 0.6 is 0 Å². The zero-order valence-corrected chi connectivity index (χ0v) is 33.1. The predicted octanol–water partition coefficient (Wildman–Crippen LogP) is 7.07. The van der Waals surface area contributed by atoms with Crippen LogP contribution < -0.4 is 5.32 Å². The molecule has 2 saturated heterocycles. The summed E-state index contributed by atoms with van der Waals surface area (Å²) >= 11 is 0. The molecule has 3 unspecified atom stereocenters. The van der Waals surface area contributed by atoms with Gasteiger partial charge in [0.15, 0.2) is 0 Å². The van der Waals surface area contributed by atoms with Crippen molar-refractivity contribution in [3.8, 4) is 33.6 Å². The van der Waals surface area contributed by atoms with Crippen LogP contribution in [0.1, 0.15) is 90.0 Å². The molecule has 0 spiro atoms. The molecule has 2 bridgehead atoms. The minimum atomic E-state index is -0.687. The number of amides is 3. The molecule has 296 valence electrons. The number of benzene rings is 2. The SMILES string of the molecule is COC(=O)C[C@H](C(=O)N1CCC[C@H]1c1ncc(-c2ccc(-c3cccc(-c4cnc(C5C6CCC(C6)N5C(=O)[C@@H](NC(=O)OC)C(C)C)[nH]4)c3)cc2)[nH]1)C(C)C. The van der Waals surface area contributed by atoms with Gasteiger partial charge >= 0.3 is 12.1 Å². The van der Waals surface area contributed by atoms with E-state index < -0.39 is 18.1 Å². The molecule has 56 heavy (non-hydrogen) atoms. The standard InChI is InChI=1S/C43H53N7O6/c1-24(2)32(21-36(51)55-5)41(52)49-18-8-11-35(49)39-44-22-33(46-39)27-14-12-26(13-15-27)28-9-7-10-29(19-28)34-23-45-40(47-34)38-30-16-17-31(20-30)50(38)42(53)37(25(3)4)48-43(54)56-6/h7,9-10,12-15,19,22-25,30-32,35,37-38H,8,11,16-18,20-21H2,1-6H3,(H,44,46)(H,45,47)(H,48,54)/t30?,31?,32-,35-,37-,38?/m0/s1. The van der Waals surface area contributed by atoms with Gasteiger partial charge in [-0.2, -0.15) is 0 Å². The van der Waals surface area contributed by atoms with Crippen molar-refractivity contribution in [1.82, 2.24) is 35.1 Å². The van der Waals surface area contributed by atoms with Crippen molar-refractivity contribution < 1.29 is 28.7 Å². The molecule has 4 aromatic rings. The van der Waals surface area contributed by atoms with E-state index in [4.69, 9.17) is 19.4 Å².